The fraction of sp³-hybridized carbons (Fsp3) is 1.00. The third kappa shape index (κ3) is 8.80. The van der Waals surface area contributed by atoms with E-state index in [4.69, 9.17) is 16.0 Å². The molecule has 0 saturated carbocycles. The summed E-state index contributed by atoms with van der Waals surface area (Å²) >= 11 is 0. The van der Waals surface area contributed by atoms with Crippen LogP contribution in [0, 0.1) is 0 Å². The minimum absolute atomic E-state index is 0.0830. The monoisotopic (exact) mass is 363 g/mol. The van der Waals surface area contributed by atoms with Crippen molar-refractivity contribution in [2.75, 3.05) is 13.2 Å². The highest BCUT2D eigenvalue weighted by atomic mass is 16.7. The van der Waals surface area contributed by atoms with Crippen molar-refractivity contribution in [3.8, 4) is 0 Å². The topological polar surface area (TPSA) is 99.4 Å². The highest BCUT2D eigenvalue weighted by Gasteiger charge is 2.43. The molecule has 25 heavy (non-hydrogen) atoms. The van der Waals surface area contributed by atoms with E-state index in [9.17, 15) is 15.3 Å². The number of hydrogen-bond donors (Lipinski definition) is 4. The third-order valence-corrected chi connectivity index (χ3v) is 4.74. The van der Waals surface area contributed by atoms with E-state index in [-0.39, 0.29) is 6.61 Å². The Morgan fingerprint density at radius 2 is 1.40 bits per heavy atom. The Labute approximate surface area is 153 Å². The molecule has 2 unspecified atom stereocenters. The number of unbranched alkanes of at least 4 members (excludes halogenated alkanes) is 8. The standard InChI is InChI=1S/C19H38O6/c1-2-3-4-5-6-7-8-9-10-11-12-13-24-19-18(23)17(22)16(21)15(14-20)25-19/h15-23H,2-14H2,1H3/t15-,16-,17+,18-,19?/m1/s1/i12D/t12?,15-,16-,17+,18-,19?. The van der Waals surface area contributed by atoms with Crippen LogP contribution in [0.15, 0.2) is 0 Å². The van der Waals surface area contributed by atoms with Crippen LogP contribution in [0.2, 0.25) is 0 Å². The summed E-state index contributed by atoms with van der Waals surface area (Å²) in [5.41, 5.74) is 0. The van der Waals surface area contributed by atoms with Crippen LogP contribution in [0.5, 0.6) is 0 Å². The average Bonchev–Trinajstić information content (AvgIpc) is 2.64. The van der Waals surface area contributed by atoms with Crippen molar-refractivity contribution >= 4 is 0 Å². The molecule has 0 aromatic rings. The van der Waals surface area contributed by atoms with Crippen molar-refractivity contribution in [2.24, 2.45) is 0 Å². The van der Waals surface area contributed by atoms with Gasteiger partial charge in [-0.05, 0) is 6.40 Å². The van der Waals surface area contributed by atoms with E-state index in [1.165, 1.54) is 44.9 Å². The highest BCUT2D eigenvalue weighted by molar-refractivity contribution is 4.88. The van der Waals surface area contributed by atoms with Gasteiger partial charge in [0.25, 0.3) is 0 Å². The molecular formula is C19H38O6. The number of aliphatic hydroxyl groups is 4. The fourth-order valence-corrected chi connectivity index (χ4v) is 3.05. The summed E-state index contributed by atoms with van der Waals surface area (Å²) in [7, 11) is 0. The van der Waals surface area contributed by atoms with Gasteiger partial charge in [0, 0.05) is 7.98 Å². The summed E-state index contributed by atoms with van der Waals surface area (Å²) in [5, 5.41) is 38.4. The van der Waals surface area contributed by atoms with Crippen LogP contribution in [-0.2, 0) is 9.47 Å². The molecule has 6 heteroatoms. The molecule has 6 nitrogen and oxygen atoms in total. The predicted octanol–water partition coefficient (Wildman–Crippen LogP) is 2.11. The molecule has 1 saturated heterocycles. The number of rotatable bonds is 14. The molecule has 0 aromatic heterocycles. The molecule has 0 radical (unpaired) electrons. The quantitative estimate of drug-likeness (QED) is 0.353. The van der Waals surface area contributed by atoms with E-state index in [1.807, 2.05) is 0 Å². The molecule has 1 aliphatic rings. The molecule has 150 valence electrons. The summed E-state index contributed by atoms with van der Waals surface area (Å²) < 4.78 is 18.7. The van der Waals surface area contributed by atoms with Gasteiger partial charge >= 0.3 is 0 Å². The Balaban J connectivity index is 2.09. The van der Waals surface area contributed by atoms with Crippen molar-refractivity contribution < 1.29 is 31.3 Å². The zero-order valence-corrected chi connectivity index (χ0v) is 15.6. The molecule has 0 spiro atoms. The summed E-state index contributed by atoms with van der Waals surface area (Å²) in [6.07, 6.45) is 5.06. The molecule has 0 amide bonds. The zero-order valence-electron chi connectivity index (χ0n) is 16.6. The molecule has 1 aliphatic heterocycles. The second kappa shape index (κ2) is 13.9. The van der Waals surface area contributed by atoms with Gasteiger partial charge in [0.1, 0.15) is 24.4 Å². The number of hydrogen-bond acceptors (Lipinski definition) is 6. The van der Waals surface area contributed by atoms with Crippen molar-refractivity contribution in [2.45, 2.75) is 108 Å². The van der Waals surface area contributed by atoms with Crippen LogP contribution in [-0.4, -0.2) is 64.3 Å². The normalized spacial score (nSPS) is 31.7. The maximum atomic E-state index is 9.88. The van der Waals surface area contributed by atoms with Crippen LogP contribution >= 0.6 is 0 Å². The van der Waals surface area contributed by atoms with Crippen LogP contribution < -0.4 is 0 Å². The number of ether oxygens (including phenoxy) is 2. The van der Waals surface area contributed by atoms with Crippen molar-refractivity contribution in [3.05, 3.63) is 0 Å². The fourth-order valence-electron chi connectivity index (χ4n) is 3.05. The van der Waals surface area contributed by atoms with Gasteiger partial charge in [-0.1, -0.05) is 71.1 Å². The summed E-state index contributed by atoms with van der Waals surface area (Å²) in [6.45, 7) is 1.83. The van der Waals surface area contributed by atoms with Crippen LogP contribution in [0.4, 0.5) is 0 Å². The SMILES string of the molecule is [2H]C(CCCCCCCCCCC)COC1O[C@H](CO)[C@@H](O)[C@H](O)[C@H]1O. The highest BCUT2D eigenvalue weighted by Crippen LogP contribution is 2.22. The first-order valence-corrected chi connectivity index (χ1v) is 9.85. The molecular weight excluding hydrogens is 324 g/mol. The summed E-state index contributed by atoms with van der Waals surface area (Å²) in [4.78, 5) is 0. The van der Waals surface area contributed by atoms with Gasteiger partial charge < -0.3 is 29.9 Å². The van der Waals surface area contributed by atoms with E-state index in [0.29, 0.717) is 6.42 Å². The van der Waals surface area contributed by atoms with E-state index >= 15 is 0 Å². The second-order valence-electron chi connectivity index (χ2n) is 6.94. The van der Waals surface area contributed by atoms with E-state index in [2.05, 4.69) is 6.92 Å². The van der Waals surface area contributed by atoms with E-state index < -0.39 is 43.7 Å². The maximum absolute atomic E-state index is 9.88. The average molecular weight is 364 g/mol. The van der Waals surface area contributed by atoms with Gasteiger partial charge in [0.05, 0.1) is 6.61 Å². The van der Waals surface area contributed by atoms with Gasteiger partial charge in [0.15, 0.2) is 6.29 Å². The molecule has 0 bridgehead atoms. The van der Waals surface area contributed by atoms with Crippen LogP contribution in [0.3, 0.4) is 0 Å². The van der Waals surface area contributed by atoms with Gasteiger partial charge in [-0.25, -0.2) is 0 Å². The third-order valence-electron chi connectivity index (χ3n) is 4.74. The van der Waals surface area contributed by atoms with Gasteiger partial charge in [-0.3, -0.25) is 0 Å². The maximum Gasteiger partial charge on any atom is 0.186 e. The Kier molecular flexibility index (Phi) is 11.7. The summed E-state index contributed by atoms with van der Waals surface area (Å²) in [6, 6.07) is 0. The Morgan fingerprint density at radius 1 is 0.840 bits per heavy atom. The molecule has 6 atom stereocenters. The lowest BCUT2D eigenvalue weighted by Crippen LogP contribution is -2.59. The summed E-state index contributed by atoms with van der Waals surface area (Å²) in [5.74, 6) is 0. The van der Waals surface area contributed by atoms with Crippen molar-refractivity contribution in [1.82, 2.24) is 0 Å². The molecule has 1 heterocycles. The Morgan fingerprint density at radius 3 is 1.96 bits per heavy atom. The molecule has 1 rings (SSSR count). The Bertz CT molecular complexity index is 344. The lowest BCUT2D eigenvalue weighted by molar-refractivity contribution is -0.301. The first-order chi connectivity index (χ1) is 12.5. The molecule has 0 aromatic carbocycles. The van der Waals surface area contributed by atoms with E-state index in [1.54, 1.807) is 0 Å². The molecule has 1 fully saturated rings. The van der Waals surface area contributed by atoms with Crippen molar-refractivity contribution in [3.63, 3.8) is 0 Å². The minimum atomic E-state index is -1.44. The first kappa shape index (κ1) is 21.1. The van der Waals surface area contributed by atoms with Crippen LogP contribution in [0.1, 0.15) is 78.9 Å². The lowest BCUT2D eigenvalue weighted by Gasteiger charge is -2.39. The largest absolute Gasteiger partial charge is 0.394 e. The zero-order chi connectivity index (χ0) is 19.4. The van der Waals surface area contributed by atoms with E-state index in [0.717, 1.165) is 12.8 Å². The smallest absolute Gasteiger partial charge is 0.186 e. The predicted molar refractivity (Wildman–Crippen MR) is 96.2 cm³/mol. The van der Waals surface area contributed by atoms with Gasteiger partial charge in [-0.15, -0.1) is 0 Å². The van der Waals surface area contributed by atoms with Gasteiger partial charge in [-0.2, -0.15) is 0 Å². The van der Waals surface area contributed by atoms with Crippen molar-refractivity contribution in [1.29, 1.82) is 0 Å². The Hall–Kier alpha value is -0.240. The molecule has 4 N–H and O–H groups in total. The second-order valence-corrected chi connectivity index (χ2v) is 6.94. The first-order valence-electron chi connectivity index (χ1n) is 10.4. The van der Waals surface area contributed by atoms with Gasteiger partial charge in [0.2, 0.25) is 0 Å². The lowest BCUT2D eigenvalue weighted by atomic mass is 9.99. The molecule has 0 aliphatic carbocycles. The minimum Gasteiger partial charge on any atom is -0.394 e. The van der Waals surface area contributed by atoms with Crippen LogP contribution in [0.25, 0.3) is 0 Å². The number of aliphatic hydroxyl groups excluding tert-OH is 4.